The van der Waals surface area contributed by atoms with Gasteiger partial charge in [-0.15, -0.1) is 0 Å². The fourth-order valence-electron chi connectivity index (χ4n) is 0. The van der Waals surface area contributed by atoms with Crippen molar-refractivity contribution in [1.29, 1.82) is 0 Å². The number of rotatable bonds is 0. The first-order valence-electron chi connectivity index (χ1n) is 0.983. The maximum Gasteiger partial charge on any atom is 0.0946 e. The highest BCUT2D eigenvalue weighted by Crippen LogP contribution is 1.61. The first-order chi connectivity index (χ1) is 1.73. The molecular weight excluding hydrogens is 100 g/mol. The van der Waals surface area contributed by atoms with Gasteiger partial charge in [0.25, 0.3) is 0 Å². The standard InChI is InChI=1S/C2H6OS.2H3N/c1-4(2)3;;/h1-2H3;2*1H3. The summed E-state index contributed by atoms with van der Waals surface area (Å²) in [5.74, 6) is 0. The molecule has 0 aliphatic rings. The van der Waals surface area contributed by atoms with Crippen molar-refractivity contribution in [2.75, 3.05) is 12.5 Å². The lowest BCUT2D eigenvalue weighted by atomic mass is 11.9. The van der Waals surface area contributed by atoms with Crippen LogP contribution in [0.5, 0.6) is 0 Å². The van der Waals surface area contributed by atoms with Gasteiger partial charge in [0.15, 0.2) is 0 Å². The van der Waals surface area contributed by atoms with Crippen LogP contribution in [0.15, 0.2) is 0 Å². The van der Waals surface area contributed by atoms with Crippen LogP contribution in [0.25, 0.3) is 0 Å². The van der Waals surface area contributed by atoms with Gasteiger partial charge in [-0.2, -0.15) is 0 Å². The van der Waals surface area contributed by atoms with Crippen LogP contribution in [0.1, 0.15) is 0 Å². The van der Waals surface area contributed by atoms with Crippen LogP contribution in [0, 0.1) is 0 Å². The summed E-state index contributed by atoms with van der Waals surface area (Å²) in [6.07, 6.45) is 3.28. The lowest BCUT2D eigenvalue weighted by molar-refractivity contribution is 0.606. The van der Waals surface area contributed by atoms with Gasteiger partial charge in [0, 0.05) is 0 Å². The first kappa shape index (κ1) is 16.3. The molecule has 0 aliphatic heterocycles. The lowest BCUT2D eigenvalue weighted by Gasteiger charge is -1.87. The third kappa shape index (κ3) is 834. The summed E-state index contributed by atoms with van der Waals surface area (Å²) in [5.41, 5.74) is 0. The van der Waals surface area contributed by atoms with Crippen LogP contribution in [0.3, 0.4) is 0 Å². The van der Waals surface area contributed by atoms with E-state index in [2.05, 4.69) is 0 Å². The van der Waals surface area contributed by atoms with E-state index in [1.165, 1.54) is 0 Å². The van der Waals surface area contributed by atoms with Gasteiger partial charge in [-0.05, 0) is 0 Å². The Morgan fingerprint density at radius 2 is 1.17 bits per heavy atom. The molecule has 0 atom stereocenters. The average Bonchev–Trinajstić information content (AvgIpc) is 0.811. The monoisotopic (exact) mass is 112 g/mol. The van der Waals surface area contributed by atoms with E-state index in [1.807, 2.05) is 0 Å². The summed E-state index contributed by atoms with van der Waals surface area (Å²) in [6.45, 7) is 0. The number of hydrogen-bond acceptors (Lipinski definition) is 3. The van der Waals surface area contributed by atoms with Gasteiger partial charge in [0.2, 0.25) is 0 Å². The quantitative estimate of drug-likeness (QED) is 0.442. The van der Waals surface area contributed by atoms with Gasteiger partial charge in [-0.3, -0.25) is 0 Å². The molecule has 0 aromatic rings. The SMILES string of the molecule is C[S+](C)[O-].N.N. The largest absolute Gasteiger partial charge is 0.617 e. The average molecular weight is 112 g/mol. The Morgan fingerprint density at radius 1 is 1.17 bits per heavy atom. The molecule has 0 spiro atoms. The Balaban J connectivity index is -0.0000000450. The van der Waals surface area contributed by atoms with Gasteiger partial charge in [-0.25, -0.2) is 0 Å². The Bertz CT molecular complexity index is 16.3. The minimum atomic E-state index is -0.611. The third-order valence-corrected chi connectivity index (χ3v) is 0. The van der Waals surface area contributed by atoms with Crippen LogP contribution >= 0.6 is 0 Å². The highest BCUT2D eigenvalue weighted by molar-refractivity contribution is 7.89. The molecule has 0 amide bonds. The van der Waals surface area contributed by atoms with Crippen molar-refractivity contribution in [2.45, 2.75) is 0 Å². The van der Waals surface area contributed by atoms with Crippen molar-refractivity contribution in [2.24, 2.45) is 0 Å². The van der Waals surface area contributed by atoms with Crippen LogP contribution in [0.4, 0.5) is 0 Å². The smallest absolute Gasteiger partial charge is 0.0946 e. The molecule has 0 bridgehead atoms. The molecule has 42 valence electrons. The van der Waals surface area contributed by atoms with E-state index < -0.39 is 11.2 Å². The zero-order chi connectivity index (χ0) is 3.58. The van der Waals surface area contributed by atoms with Gasteiger partial charge in [0.1, 0.15) is 0 Å². The second-order valence-electron chi connectivity index (χ2n) is 0.742. The second kappa shape index (κ2) is 8.97. The molecule has 6 heavy (non-hydrogen) atoms. The van der Waals surface area contributed by atoms with Gasteiger partial charge in [-0.1, -0.05) is 11.2 Å². The Kier molecular flexibility index (Phi) is 24.4. The topological polar surface area (TPSA) is 93.1 Å². The van der Waals surface area contributed by atoms with Gasteiger partial charge < -0.3 is 16.9 Å². The van der Waals surface area contributed by atoms with Crippen molar-refractivity contribution in [3.63, 3.8) is 0 Å². The van der Waals surface area contributed by atoms with E-state index in [4.69, 9.17) is 0 Å². The molecule has 0 radical (unpaired) electrons. The van der Waals surface area contributed by atoms with Crippen molar-refractivity contribution in [1.82, 2.24) is 12.3 Å². The zero-order valence-corrected chi connectivity index (χ0v) is 5.05. The molecule has 0 heterocycles. The number of hydrogen-bond donors (Lipinski definition) is 2. The van der Waals surface area contributed by atoms with Crippen molar-refractivity contribution >= 4 is 11.2 Å². The maximum absolute atomic E-state index is 9.56. The second-order valence-corrected chi connectivity index (χ2v) is 2.22. The molecule has 0 aromatic carbocycles. The van der Waals surface area contributed by atoms with Crippen molar-refractivity contribution in [3.05, 3.63) is 0 Å². The van der Waals surface area contributed by atoms with E-state index in [-0.39, 0.29) is 12.3 Å². The predicted octanol–water partition coefficient (Wildman–Crippen LogP) is 0.319. The Hall–Kier alpha value is 0.230. The molecule has 0 aromatic heterocycles. The Morgan fingerprint density at radius 3 is 1.17 bits per heavy atom. The van der Waals surface area contributed by atoms with E-state index in [0.29, 0.717) is 0 Å². The highest BCUT2D eigenvalue weighted by Gasteiger charge is 1.66. The van der Waals surface area contributed by atoms with E-state index >= 15 is 0 Å². The Labute approximate surface area is 41.5 Å². The normalized spacial score (nSPS) is 6.00. The first-order valence-corrected chi connectivity index (χ1v) is 2.95. The molecule has 0 saturated heterocycles. The molecule has 0 rings (SSSR count). The highest BCUT2D eigenvalue weighted by atomic mass is 32.2. The summed E-state index contributed by atoms with van der Waals surface area (Å²) in [6, 6.07) is 0. The van der Waals surface area contributed by atoms with Gasteiger partial charge in [0.05, 0.1) is 12.5 Å². The summed E-state index contributed by atoms with van der Waals surface area (Å²) < 4.78 is 9.56. The molecule has 0 saturated carbocycles. The summed E-state index contributed by atoms with van der Waals surface area (Å²) in [4.78, 5) is 0. The van der Waals surface area contributed by atoms with Crippen LogP contribution in [0.2, 0.25) is 0 Å². The fourth-order valence-corrected chi connectivity index (χ4v) is 0. The summed E-state index contributed by atoms with van der Waals surface area (Å²) in [7, 11) is 0. The van der Waals surface area contributed by atoms with Crippen LogP contribution in [-0.4, -0.2) is 17.1 Å². The summed E-state index contributed by atoms with van der Waals surface area (Å²) >= 11 is -0.611. The third-order valence-electron chi connectivity index (χ3n) is 0. The van der Waals surface area contributed by atoms with E-state index in [9.17, 15) is 4.55 Å². The fraction of sp³-hybridized carbons (Fsp3) is 1.00. The molecule has 6 N–H and O–H groups in total. The van der Waals surface area contributed by atoms with Crippen LogP contribution in [-0.2, 0) is 11.2 Å². The zero-order valence-electron chi connectivity index (χ0n) is 4.23. The van der Waals surface area contributed by atoms with Crippen molar-refractivity contribution in [3.8, 4) is 0 Å². The minimum Gasteiger partial charge on any atom is -0.617 e. The molecule has 3 nitrogen and oxygen atoms in total. The van der Waals surface area contributed by atoms with E-state index in [1.54, 1.807) is 12.5 Å². The lowest BCUT2D eigenvalue weighted by Crippen LogP contribution is -1.86. The maximum atomic E-state index is 9.56. The van der Waals surface area contributed by atoms with Crippen molar-refractivity contribution < 1.29 is 4.55 Å². The molecule has 0 fully saturated rings. The molecule has 0 aliphatic carbocycles. The van der Waals surface area contributed by atoms with Crippen LogP contribution < -0.4 is 12.3 Å². The molecule has 4 heteroatoms. The predicted molar refractivity (Wildman–Crippen MR) is 30.0 cm³/mol. The van der Waals surface area contributed by atoms with Gasteiger partial charge >= 0.3 is 0 Å². The minimum absolute atomic E-state index is 0. The molecular formula is C2H12N2OS. The molecule has 0 unspecified atom stereocenters. The summed E-state index contributed by atoms with van der Waals surface area (Å²) in [5, 5.41) is 0. The van der Waals surface area contributed by atoms with E-state index in [0.717, 1.165) is 0 Å².